The van der Waals surface area contributed by atoms with Gasteiger partial charge in [0.05, 0.1) is 6.54 Å². The first-order chi connectivity index (χ1) is 7.36. The van der Waals surface area contributed by atoms with E-state index < -0.39 is 0 Å². The van der Waals surface area contributed by atoms with Crippen molar-refractivity contribution in [3.63, 3.8) is 0 Å². The lowest BCUT2D eigenvalue weighted by atomic mass is 10.2. The molecule has 0 saturated heterocycles. The van der Waals surface area contributed by atoms with Gasteiger partial charge in [-0.05, 0) is 24.1 Å². The quantitative estimate of drug-likeness (QED) is 0.563. The summed E-state index contributed by atoms with van der Waals surface area (Å²) in [6.07, 6.45) is 6.14. The van der Waals surface area contributed by atoms with Crippen LogP contribution in [0.1, 0.15) is 12.5 Å². The number of hydrogen-bond donors (Lipinski definition) is 1. The lowest BCUT2D eigenvalue weighted by molar-refractivity contribution is 0.316. The van der Waals surface area contributed by atoms with Gasteiger partial charge in [-0.15, -0.1) is 6.42 Å². The highest BCUT2D eigenvalue weighted by molar-refractivity contribution is 5.28. The zero-order valence-corrected chi connectivity index (χ0v) is 9.12. The van der Waals surface area contributed by atoms with Gasteiger partial charge >= 0.3 is 0 Å². The molecule has 1 N–H and O–H groups in total. The van der Waals surface area contributed by atoms with E-state index in [4.69, 9.17) is 11.2 Å². The van der Waals surface area contributed by atoms with Crippen LogP contribution < -0.4 is 10.1 Å². The molecule has 0 radical (unpaired) electrons. The Balaban J connectivity index is 2.28. The predicted octanol–water partition coefficient (Wildman–Crippen LogP) is 1.85. The van der Waals surface area contributed by atoms with E-state index in [1.165, 1.54) is 5.56 Å². The fourth-order valence-corrected chi connectivity index (χ4v) is 1.26. The van der Waals surface area contributed by atoms with Gasteiger partial charge in [0.15, 0.2) is 0 Å². The average molecular weight is 203 g/mol. The molecule has 2 heteroatoms. The summed E-state index contributed by atoms with van der Waals surface area (Å²) in [5.41, 5.74) is 1.30. The van der Waals surface area contributed by atoms with E-state index in [1.807, 2.05) is 12.1 Å². The Hall–Kier alpha value is -1.46. The minimum atomic E-state index is 0.596. The van der Waals surface area contributed by atoms with Crippen molar-refractivity contribution in [1.29, 1.82) is 0 Å². The first-order valence-electron chi connectivity index (χ1n) is 5.22. The summed E-state index contributed by atoms with van der Waals surface area (Å²) in [4.78, 5) is 0. The lowest BCUT2D eigenvalue weighted by Crippen LogP contribution is -2.21. The van der Waals surface area contributed by atoms with Crippen molar-refractivity contribution in [1.82, 2.24) is 5.32 Å². The lowest BCUT2D eigenvalue weighted by Gasteiger charge is -2.07. The highest BCUT2D eigenvalue weighted by Crippen LogP contribution is 2.13. The number of aryl methyl sites for hydroxylation is 1. The smallest absolute Gasteiger partial charge is 0.119 e. The minimum absolute atomic E-state index is 0.596. The molecule has 0 aliphatic rings. The molecule has 0 amide bonds. The van der Waals surface area contributed by atoms with Gasteiger partial charge in [0.1, 0.15) is 12.4 Å². The summed E-state index contributed by atoms with van der Waals surface area (Å²) in [5.74, 6) is 3.45. The summed E-state index contributed by atoms with van der Waals surface area (Å²) < 4.78 is 5.56. The molecule has 80 valence electrons. The van der Waals surface area contributed by atoms with Gasteiger partial charge in [-0.25, -0.2) is 0 Å². The topological polar surface area (TPSA) is 21.3 Å². The number of nitrogens with one attached hydrogen (secondary N) is 1. The zero-order valence-electron chi connectivity index (χ0n) is 9.12. The summed E-state index contributed by atoms with van der Waals surface area (Å²) >= 11 is 0. The molecule has 0 aromatic heterocycles. The van der Waals surface area contributed by atoms with Crippen molar-refractivity contribution in [2.75, 3.05) is 19.7 Å². The van der Waals surface area contributed by atoms with E-state index in [1.54, 1.807) is 0 Å². The van der Waals surface area contributed by atoms with E-state index in [2.05, 4.69) is 30.3 Å². The minimum Gasteiger partial charge on any atom is -0.492 e. The Morgan fingerprint density at radius 2 is 2.33 bits per heavy atom. The van der Waals surface area contributed by atoms with Crippen LogP contribution in [-0.4, -0.2) is 19.7 Å². The molecule has 1 aromatic rings. The van der Waals surface area contributed by atoms with Gasteiger partial charge in [-0.1, -0.05) is 25.0 Å². The van der Waals surface area contributed by atoms with Crippen molar-refractivity contribution in [3.05, 3.63) is 29.8 Å². The van der Waals surface area contributed by atoms with Crippen molar-refractivity contribution in [3.8, 4) is 18.1 Å². The monoisotopic (exact) mass is 203 g/mol. The number of terminal acetylenes is 1. The molecule has 0 bridgehead atoms. The maximum Gasteiger partial charge on any atom is 0.119 e. The summed E-state index contributed by atoms with van der Waals surface area (Å²) in [6.45, 7) is 4.15. The Morgan fingerprint density at radius 1 is 1.47 bits per heavy atom. The zero-order chi connectivity index (χ0) is 10.9. The Bertz CT molecular complexity index is 328. The first-order valence-corrected chi connectivity index (χ1v) is 5.22. The molecule has 2 nitrogen and oxygen atoms in total. The second-order valence-electron chi connectivity index (χ2n) is 3.23. The molecule has 0 unspecified atom stereocenters. The number of rotatable bonds is 6. The molecule has 0 atom stereocenters. The third-order valence-electron chi connectivity index (χ3n) is 2.08. The Kier molecular flexibility index (Phi) is 5.35. The highest BCUT2D eigenvalue weighted by atomic mass is 16.5. The second kappa shape index (κ2) is 6.92. The van der Waals surface area contributed by atoms with Crippen molar-refractivity contribution >= 4 is 0 Å². The van der Waals surface area contributed by atoms with Crippen molar-refractivity contribution < 1.29 is 4.74 Å². The predicted molar refractivity (Wildman–Crippen MR) is 63.0 cm³/mol. The van der Waals surface area contributed by atoms with Gasteiger partial charge in [0, 0.05) is 6.54 Å². The number of ether oxygens (including phenoxy) is 1. The SMILES string of the molecule is C#CCNCCOc1cccc(CC)c1. The van der Waals surface area contributed by atoms with E-state index in [0.717, 1.165) is 18.7 Å². The molecular weight excluding hydrogens is 186 g/mol. The van der Waals surface area contributed by atoms with Gasteiger partial charge in [-0.2, -0.15) is 0 Å². The fraction of sp³-hybridized carbons (Fsp3) is 0.385. The maximum absolute atomic E-state index is 5.56. The summed E-state index contributed by atoms with van der Waals surface area (Å²) in [6, 6.07) is 8.16. The van der Waals surface area contributed by atoms with Crippen LogP contribution in [0.15, 0.2) is 24.3 Å². The molecule has 0 spiro atoms. The van der Waals surface area contributed by atoms with Crippen LogP contribution in [0, 0.1) is 12.3 Å². The van der Waals surface area contributed by atoms with Crippen LogP contribution in [0.2, 0.25) is 0 Å². The third-order valence-corrected chi connectivity index (χ3v) is 2.08. The Labute approximate surface area is 91.6 Å². The van der Waals surface area contributed by atoms with Crippen LogP contribution in [0.25, 0.3) is 0 Å². The van der Waals surface area contributed by atoms with Crippen LogP contribution in [0.3, 0.4) is 0 Å². The van der Waals surface area contributed by atoms with Crippen LogP contribution in [0.4, 0.5) is 0 Å². The molecule has 15 heavy (non-hydrogen) atoms. The third kappa shape index (κ3) is 4.53. The van der Waals surface area contributed by atoms with E-state index >= 15 is 0 Å². The molecule has 0 aliphatic carbocycles. The maximum atomic E-state index is 5.56. The van der Waals surface area contributed by atoms with E-state index in [9.17, 15) is 0 Å². The number of benzene rings is 1. The van der Waals surface area contributed by atoms with Gasteiger partial charge in [0.2, 0.25) is 0 Å². The normalized spacial score (nSPS) is 9.60. The van der Waals surface area contributed by atoms with Crippen LogP contribution in [-0.2, 0) is 6.42 Å². The molecule has 0 fully saturated rings. The molecule has 0 heterocycles. The second-order valence-corrected chi connectivity index (χ2v) is 3.23. The largest absolute Gasteiger partial charge is 0.492 e. The van der Waals surface area contributed by atoms with Gasteiger partial charge < -0.3 is 10.1 Å². The standard InChI is InChI=1S/C13H17NO/c1-3-8-14-9-10-15-13-7-5-6-12(4-2)11-13/h1,5-7,11,14H,4,8-10H2,2H3. The van der Waals surface area contributed by atoms with Crippen molar-refractivity contribution in [2.24, 2.45) is 0 Å². The van der Waals surface area contributed by atoms with Crippen molar-refractivity contribution in [2.45, 2.75) is 13.3 Å². The summed E-state index contributed by atoms with van der Waals surface area (Å²) in [7, 11) is 0. The van der Waals surface area contributed by atoms with Crippen LogP contribution in [0.5, 0.6) is 5.75 Å². The van der Waals surface area contributed by atoms with E-state index in [-0.39, 0.29) is 0 Å². The van der Waals surface area contributed by atoms with Gasteiger partial charge in [0.25, 0.3) is 0 Å². The molecule has 1 aromatic carbocycles. The Morgan fingerprint density at radius 3 is 3.07 bits per heavy atom. The summed E-state index contributed by atoms with van der Waals surface area (Å²) in [5, 5.41) is 3.07. The fourth-order valence-electron chi connectivity index (χ4n) is 1.26. The van der Waals surface area contributed by atoms with E-state index in [0.29, 0.717) is 13.2 Å². The van der Waals surface area contributed by atoms with Gasteiger partial charge in [-0.3, -0.25) is 0 Å². The average Bonchev–Trinajstić information content (AvgIpc) is 2.29. The molecule has 1 rings (SSSR count). The number of hydrogen-bond acceptors (Lipinski definition) is 2. The first kappa shape index (κ1) is 11.6. The molecule has 0 aliphatic heterocycles. The van der Waals surface area contributed by atoms with Crippen LogP contribution >= 0.6 is 0 Å². The highest BCUT2D eigenvalue weighted by Gasteiger charge is 1.94. The molecule has 0 saturated carbocycles. The molecular formula is C13H17NO.